The van der Waals surface area contributed by atoms with Crippen molar-refractivity contribution in [1.82, 2.24) is 9.38 Å². The summed E-state index contributed by atoms with van der Waals surface area (Å²) in [5, 5.41) is 9.32. The van der Waals surface area contributed by atoms with Gasteiger partial charge in [0.2, 0.25) is 0 Å². The Kier molecular flexibility index (Phi) is 4.90. The fourth-order valence-corrected chi connectivity index (χ4v) is 3.52. The Morgan fingerprint density at radius 1 is 1.38 bits per heavy atom. The SMILES string of the molecule is Cc1cn2c(COC3CCCCC3)c(C(C)C)nc2cc1C(=O)O. The predicted octanol–water partition coefficient (Wildman–Crippen LogP) is 4.31. The van der Waals surface area contributed by atoms with Crippen LogP contribution in [0.15, 0.2) is 12.3 Å². The topological polar surface area (TPSA) is 63.8 Å². The number of aromatic nitrogens is 2. The van der Waals surface area contributed by atoms with Crippen molar-refractivity contribution in [2.24, 2.45) is 0 Å². The van der Waals surface area contributed by atoms with Crippen molar-refractivity contribution in [1.29, 1.82) is 0 Å². The lowest BCUT2D eigenvalue weighted by atomic mass is 9.98. The molecule has 0 atom stereocenters. The van der Waals surface area contributed by atoms with Gasteiger partial charge in [-0.1, -0.05) is 33.1 Å². The molecule has 1 aliphatic rings. The summed E-state index contributed by atoms with van der Waals surface area (Å²) in [5.74, 6) is -0.646. The first-order valence-electron chi connectivity index (χ1n) is 8.83. The lowest BCUT2D eigenvalue weighted by Crippen LogP contribution is -2.17. The summed E-state index contributed by atoms with van der Waals surface area (Å²) in [4.78, 5) is 16.0. The zero-order valence-corrected chi connectivity index (χ0v) is 14.7. The van der Waals surface area contributed by atoms with E-state index in [-0.39, 0.29) is 5.92 Å². The molecule has 1 saturated carbocycles. The number of carboxylic acid groups (broad SMARTS) is 1. The summed E-state index contributed by atoms with van der Waals surface area (Å²) in [5.41, 5.74) is 3.77. The summed E-state index contributed by atoms with van der Waals surface area (Å²) in [6, 6.07) is 1.66. The number of imidazole rings is 1. The molecule has 5 heteroatoms. The van der Waals surface area contributed by atoms with Crippen LogP contribution < -0.4 is 0 Å². The highest BCUT2D eigenvalue weighted by atomic mass is 16.5. The molecule has 1 fully saturated rings. The zero-order chi connectivity index (χ0) is 17.3. The van der Waals surface area contributed by atoms with Gasteiger partial charge in [-0.2, -0.15) is 0 Å². The molecule has 1 aliphatic carbocycles. The summed E-state index contributed by atoms with van der Waals surface area (Å²) in [6.45, 7) is 6.57. The van der Waals surface area contributed by atoms with E-state index in [1.165, 1.54) is 19.3 Å². The van der Waals surface area contributed by atoms with Crippen LogP contribution in [-0.2, 0) is 11.3 Å². The molecule has 0 aliphatic heterocycles. The van der Waals surface area contributed by atoms with Crippen LogP contribution in [0.5, 0.6) is 0 Å². The van der Waals surface area contributed by atoms with Crippen LogP contribution >= 0.6 is 0 Å². The van der Waals surface area contributed by atoms with Gasteiger partial charge in [0.1, 0.15) is 5.65 Å². The van der Waals surface area contributed by atoms with Crippen LogP contribution in [-0.4, -0.2) is 26.6 Å². The van der Waals surface area contributed by atoms with Gasteiger partial charge in [-0.3, -0.25) is 0 Å². The van der Waals surface area contributed by atoms with E-state index in [0.29, 0.717) is 23.9 Å². The molecular weight excluding hydrogens is 304 g/mol. The summed E-state index contributed by atoms with van der Waals surface area (Å²) in [7, 11) is 0. The molecule has 3 rings (SSSR count). The Hall–Kier alpha value is -1.88. The van der Waals surface area contributed by atoms with E-state index in [9.17, 15) is 9.90 Å². The third kappa shape index (κ3) is 3.31. The van der Waals surface area contributed by atoms with Crippen LogP contribution in [0, 0.1) is 6.92 Å². The monoisotopic (exact) mass is 330 g/mol. The number of ether oxygens (including phenoxy) is 1. The third-order valence-electron chi connectivity index (χ3n) is 4.87. The fraction of sp³-hybridized carbons (Fsp3) is 0.579. The van der Waals surface area contributed by atoms with Gasteiger partial charge in [-0.15, -0.1) is 0 Å². The van der Waals surface area contributed by atoms with Crippen LogP contribution in [0.25, 0.3) is 5.65 Å². The van der Waals surface area contributed by atoms with E-state index in [2.05, 4.69) is 18.8 Å². The molecule has 0 spiro atoms. The van der Waals surface area contributed by atoms with Crippen molar-refractivity contribution in [3.05, 3.63) is 34.8 Å². The maximum Gasteiger partial charge on any atom is 0.336 e. The molecule has 2 heterocycles. The molecule has 0 saturated heterocycles. The number of fused-ring (bicyclic) bond motifs is 1. The van der Waals surface area contributed by atoms with Crippen molar-refractivity contribution in [2.75, 3.05) is 0 Å². The van der Waals surface area contributed by atoms with Crippen LogP contribution in [0.3, 0.4) is 0 Å². The van der Waals surface area contributed by atoms with Crippen LogP contribution in [0.2, 0.25) is 0 Å². The van der Waals surface area contributed by atoms with Gasteiger partial charge in [0, 0.05) is 6.20 Å². The van der Waals surface area contributed by atoms with E-state index in [0.717, 1.165) is 29.8 Å². The Bertz CT molecular complexity index is 743. The molecule has 5 nitrogen and oxygen atoms in total. The largest absolute Gasteiger partial charge is 0.478 e. The minimum Gasteiger partial charge on any atom is -0.478 e. The van der Waals surface area contributed by atoms with Gasteiger partial charge >= 0.3 is 5.97 Å². The number of pyridine rings is 1. The number of rotatable bonds is 5. The highest BCUT2D eigenvalue weighted by Crippen LogP contribution is 2.26. The van der Waals surface area contributed by atoms with Crippen molar-refractivity contribution >= 4 is 11.6 Å². The number of aryl methyl sites for hydroxylation is 1. The Balaban J connectivity index is 1.95. The second-order valence-corrected chi connectivity index (χ2v) is 7.07. The van der Waals surface area contributed by atoms with Gasteiger partial charge < -0.3 is 14.2 Å². The second kappa shape index (κ2) is 6.93. The average Bonchev–Trinajstić information content (AvgIpc) is 2.90. The highest BCUT2D eigenvalue weighted by Gasteiger charge is 2.20. The fourth-order valence-electron chi connectivity index (χ4n) is 3.52. The molecule has 0 aromatic carbocycles. The number of hydrogen-bond acceptors (Lipinski definition) is 3. The average molecular weight is 330 g/mol. The van der Waals surface area contributed by atoms with E-state index in [1.54, 1.807) is 6.07 Å². The molecule has 2 aromatic rings. The van der Waals surface area contributed by atoms with Crippen molar-refractivity contribution in [3.63, 3.8) is 0 Å². The third-order valence-corrected chi connectivity index (χ3v) is 4.87. The van der Waals surface area contributed by atoms with Crippen molar-refractivity contribution in [2.45, 2.75) is 71.5 Å². The molecular formula is C19H26N2O3. The molecule has 0 unspecified atom stereocenters. The Morgan fingerprint density at radius 2 is 2.08 bits per heavy atom. The normalized spacial score (nSPS) is 16.2. The standard InChI is InChI=1S/C19H26N2O3/c1-12(2)18-16(11-24-14-7-5-4-6-8-14)21-10-13(3)15(19(22)23)9-17(21)20-18/h9-10,12,14H,4-8,11H2,1-3H3,(H,22,23). The van der Waals surface area contributed by atoms with Crippen molar-refractivity contribution < 1.29 is 14.6 Å². The van der Waals surface area contributed by atoms with E-state index < -0.39 is 5.97 Å². The number of carbonyl (C=O) groups is 1. The molecule has 2 aromatic heterocycles. The lowest BCUT2D eigenvalue weighted by Gasteiger charge is -2.22. The number of nitrogens with zero attached hydrogens (tertiary/aromatic N) is 2. The van der Waals surface area contributed by atoms with Crippen molar-refractivity contribution in [3.8, 4) is 0 Å². The van der Waals surface area contributed by atoms with Gasteiger partial charge in [-0.25, -0.2) is 9.78 Å². The first kappa shape index (κ1) is 17.0. The van der Waals surface area contributed by atoms with Crippen LogP contribution in [0.4, 0.5) is 0 Å². The van der Waals surface area contributed by atoms with E-state index >= 15 is 0 Å². The Morgan fingerprint density at radius 3 is 2.71 bits per heavy atom. The van der Waals surface area contributed by atoms with E-state index in [1.807, 2.05) is 17.5 Å². The second-order valence-electron chi connectivity index (χ2n) is 7.07. The maximum absolute atomic E-state index is 11.4. The number of carboxylic acids is 1. The molecule has 0 amide bonds. The summed E-state index contributed by atoms with van der Waals surface area (Å²) < 4.78 is 8.17. The number of hydrogen-bond donors (Lipinski definition) is 1. The molecule has 1 N–H and O–H groups in total. The van der Waals surface area contributed by atoms with E-state index in [4.69, 9.17) is 4.74 Å². The molecule has 0 bridgehead atoms. The Labute approximate surface area is 142 Å². The molecule has 130 valence electrons. The first-order chi connectivity index (χ1) is 11.5. The zero-order valence-electron chi connectivity index (χ0n) is 14.7. The van der Waals surface area contributed by atoms with Gasteiger partial charge in [-0.05, 0) is 37.3 Å². The minimum atomic E-state index is -0.913. The maximum atomic E-state index is 11.4. The van der Waals surface area contributed by atoms with Gasteiger partial charge in [0.05, 0.1) is 29.7 Å². The smallest absolute Gasteiger partial charge is 0.336 e. The minimum absolute atomic E-state index is 0.267. The quantitative estimate of drug-likeness (QED) is 0.887. The van der Waals surface area contributed by atoms with Gasteiger partial charge in [0.15, 0.2) is 0 Å². The van der Waals surface area contributed by atoms with Gasteiger partial charge in [0.25, 0.3) is 0 Å². The molecule has 0 radical (unpaired) electrons. The van der Waals surface area contributed by atoms with Crippen LogP contribution in [0.1, 0.15) is 79.2 Å². The summed E-state index contributed by atoms with van der Waals surface area (Å²) in [6.07, 6.45) is 8.28. The molecule has 24 heavy (non-hydrogen) atoms. The number of aromatic carboxylic acids is 1. The lowest BCUT2D eigenvalue weighted by molar-refractivity contribution is 0.0145. The predicted molar refractivity (Wildman–Crippen MR) is 92.6 cm³/mol. The highest BCUT2D eigenvalue weighted by molar-refractivity contribution is 5.90. The first-order valence-corrected chi connectivity index (χ1v) is 8.83. The summed E-state index contributed by atoms with van der Waals surface area (Å²) >= 11 is 0.